The Labute approximate surface area is 291 Å². The van der Waals surface area contributed by atoms with Crippen molar-refractivity contribution in [1.29, 1.82) is 0 Å². The van der Waals surface area contributed by atoms with E-state index >= 15 is 9.59 Å². The molecule has 2 saturated heterocycles. The second kappa shape index (κ2) is 13.7. The van der Waals surface area contributed by atoms with Crippen LogP contribution in [0.4, 0.5) is 5.69 Å². The molecule has 7 rings (SSSR count). The summed E-state index contributed by atoms with van der Waals surface area (Å²) in [4.78, 5) is 60.4. The standard InChI is InChI=1S/C40H41N3O7/c1-25-18-19-26(2)30(22-25)42-21-11-20-40-35(38(47)43(36(40)39(42)48)31(23-44)28-14-7-4-8-15-28)34-32(50-40)16-9-10-17-33(45)49-24-29(41-37(34)46)27-12-5-3-6-13-27/h3-9,11-16,18-20,22,29,31-32,34-36,44H,10,17,21,23-24H2,1-2H3,(H,41,46)/b16-9-/t29-,31+,32+,34-,35-,36+,40-/m0/s1. The fraction of sp³-hybridized carbons (Fsp3) is 0.350. The Morgan fingerprint density at radius 1 is 0.940 bits per heavy atom. The van der Waals surface area contributed by atoms with Gasteiger partial charge in [0.05, 0.1) is 36.6 Å². The number of hydrogen-bond donors (Lipinski definition) is 2. The minimum Gasteiger partial charge on any atom is -0.463 e. The Bertz CT molecular complexity index is 1840. The molecule has 3 amide bonds. The van der Waals surface area contributed by atoms with Crippen LogP contribution in [0.3, 0.4) is 0 Å². The fourth-order valence-corrected chi connectivity index (χ4v) is 7.97. The van der Waals surface area contributed by atoms with Crippen molar-refractivity contribution in [1.82, 2.24) is 10.2 Å². The average Bonchev–Trinajstić information content (AvgIpc) is 3.51. The maximum Gasteiger partial charge on any atom is 0.306 e. The van der Waals surface area contributed by atoms with Gasteiger partial charge in [-0.25, -0.2) is 0 Å². The van der Waals surface area contributed by atoms with Crippen LogP contribution < -0.4 is 10.2 Å². The van der Waals surface area contributed by atoms with Gasteiger partial charge in [-0.15, -0.1) is 0 Å². The van der Waals surface area contributed by atoms with Crippen LogP contribution in [0, 0.1) is 25.7 Å². The van der Waals surface area contributed by atoms with Gasteiger partial charge in [-0.1, -0.05) is 97.1 Å². The summed E-state index contributed by atoms with van der Waals surface area (Å²) >= 11 is 0. The Morgan fingerprint density at radius 2 is 1.68 bits per heavy atom. The number of aliphatic hydroxyl groups is 1. The third-order valence-corrected chi connectivity index (χ3v) is 10.4. The number of hydrogen-bond acceptors (Lipinski definition) is 7. The maximum absolute atomic E-state index is 15.1. The van der Waals surface area contributed by atoms with Crippen LogP contribution in [0.2, 0.25) is 0 Å². The van der Waals surface area contributed by atoms with E-state index in [0.717, 1.165) is 16.7 Å². The highest BCUT2D eigenvalue weighted by Gasteiger charge is 2.72. The molecule has 10 heteroatoms. The zero-order valence-electron chi connectivity index (χ0n) is 28.1. The number of rotatable bonds is 5. The maximum atomic E-state index is 15.1. The average molecular weight is 676 g/mol. The Morgan fingerprint density at radius 3 is 2.42 bits per heavy atom. The van der Waals surface area contributed by atoms with E-state index in [1.54, 1.807) is 23.1 Å². The van der Waals surface area contributed by atoms with Crippen LogP contribution in [0.15, 0.2) is 103 Å². The number of aryl methyl sites for hydroxylation is 2. The molecule has 10 nitrogen and oxygen atoms in total. The van der Waals surface area contributed by atoms with Crippen molar-refractivity contribution in [2.24, 2.45) is 11.8 Å². The lowest BCUT2D eigenvalue weighted by atomic mass is 9.77. The van der Waals surface area contributed by atoms with Crippen LogP contribution in [-0.4, -0.2) is 71.2 Å². The van der Waals surface area contributed by atoms with Gasteiger partial charge in [0.1, 0.15) is 18.2 Å². The summed E-state index contributed by atoms with van der Waals surface area (Å²) in [7, 11) is 0. The lowest BCUT2D eigenvalue weighted by Gasteiger charge is -2.39. The van der Waals surface area contributed by atoms with E-state index < -0.39 is 66.1 Å². The Hall–Kier alpha value is -5.06. The topological polar surface area (TPSA) is 125 Å². The first-order chi connectivity index (χ1) is 24.2. The number of fused-ring (bicyclic) bond motifs is 2. The number of anilines is 1. The van der Waals surface area contributed by atoms with E-state index in [1.165, 1.54) is 4.90 Å². The number of aliphatic hydroxyl groups excluding tert-OH is 1. The zero-order valence-corrected chi connectivity index (χ0v) is 28.1. The zero-order chi connectivity index (χ0) is 35.0. The smallest absolute Gasteiger partial charge is 0.306 e. The molecule has 3 aromatic rings. The molecule has 258 valence electrons. The van der Waals surface area contributed by atoms with Gasteiger partial charge in [0, 0.05) is 18.7 Å². The van der Waals surface area contributed by atoms with Crippen molar-refractivity contribution in [2.75, 3.05) is 24.7 Å². The van der Waals surface area contributed by atoms with Gasteiger partial charge >= 0.3 is 5.97 Å². The molecule has 0 aromatic heterocycles. The van der Waals surface area contributed by atoms with Gasteiger partial charge in [-0.3, -0.25) is 19.2 Å². The molecule has 0 saturated carbocycles. The number of amides is 3. The van der Waals surface area contributed by atoms with Crippen LogP contribution in [-0.2, 0) is 28.7 Å². The van der Waals surface area contributed by atoms with E-state index in [1.807, 2.05) is 98.8 Å². The number of likely N-dealkylation sites (tertiary alicyclic amines) is 1. The predicted molar refractivity (Wildman–Crippen MR) is 186 cm³/mol. The van der Waals surface area contributed by atoms with Gasteiger partial charge < -0.3 is 29.7 Å². The van der Waals surface area contributed by atoms with Crippen LogP contribution in [0.1, 0.15) is 47.2 Å². The molecule has 3 aromatic carbocycles. The minimum absolute atomic E-state index is 0.0845. The summed E-state index contributed by atoms with van der Waals surface area (Å²) in [5.74, 6) is -3.80. The molecular formula is C40H41N3O7. The normalized spacial score (nSPS) is 29.5. The van der Waals surface area contributed by atoms with Crippen molar-refractivity contribution >= 4 is 29.4 Å². The first-order valence-corrected chi connectivity index (χ1v) is 17.1. The summed E-state index contributed by atoms with van der Waals surface area (Å²) in [6.07, 6.45) is 6.72. The highest BCUT2D eigenvalue weighted by atomic mass is 16.5. The molecule has 7 atom stereocenters. The number of cyclic esters (lactones) is 1. The molecule has 4 aliphatic rings. The van der Waals surface area contributed by atoms with Crippen LogP contribution in [0.5, 0.6) is 0 Å². The van der Waals surface area contributed by atoms with Crippen molar-refractivity contribution in [2.45, 2.75) is 56.5 Å². The Kier molecular flexibility index (Phi) is 9.15. The van der Waals surface area contributed by atoms with Crippen LogP contribution >= 0.6 is 0 Å². The van der Waals surface area contributed by atoms with Gasteiger partial charge in [-0.2, -0.15) is 0 Å². The summed E-state index contributed by atoms with van der Waals surface area (Å²) in [6.45, 7) is 3.59. The van der Waals surface area contributed by atoms with Gasteiger partial charge in [0.25, 0.3) is 5.91 Å². The molecule has 4 aliphatic heterocycles. The van der Waals surface area contributed by atoms with Crippen molar-refractivity contribution < 1.29 is 33.8 Å². The first kappa shape index (κ1) is 33.4. The molecule has 2 fully saturated rings. The van der Waals surface area contributed by atoms with E-state index in [0.29, 0.717) is 17.7 Å². The Balaban J connectivity index is 1.37. The van der Waals surface area contributed by atoms with E-state index in [9.17, 15) is 14.7 Å². The number of nitrogens with one attached hydrogen (secondary N) is 1. The molecule has 0 unspecified atom stereocenters. The lowest BCUT2D eigenvalue weighted by molar-refractivity contribution is -0.146. The summed E-state index contributed by atoms with van der Waals surface area (Å²) in [5.41, 5.74) is 2.44. The molecule has 50 heavy (non-hydrogen) atoms. The summed E-state index contributed by atoms with van der Waals surface area (Å²) in [5, 5.41) is 14.0. The molecule has 1 spiro atoms. The second-order valence-electron chi connectivity index (χ2n) is 13.5. The van der Waals surface area contributed by atoms with Crippen molar-refractivity contribution in [3.8, 4) is 0 Å². The molecule has 2 N–H and O–H groups in total. The number of nitrogens with zero attached hydrogens (tertiary/aromatic N) is 2. The third kappa shape index (κ3) is 5.82. The SMILES string of the molecule is Cc1ccc(C)c(N2CC=C[C@]34O[C@@H]5/C=C\CCC(=O)OC[C@@H](c6ccccc6)NC(=O)[C@@H]5[C@H]3C(=O)N([C@H](CO)c3ccccc3)[C@@H]4C2=O)c1. The number of carbonyl (C=O) groups excluding carboxylic acids is 4. The fourth-order valence-electron chi connectivity index (χ4n) is 7.97. The number of carbonyl (C=O) groups is 4. The molecule has 4 heterocycles. The van der Waals surface area contributed by atoms with E-state index in [-0.39, 0.29) is 25.5 Å². The third-order valence-electron chi connectivity index (χ3n) is 10.4. The summed E-state index contributed by atoms with van der Waals surface area (Å²) < 4.78 is 12.5. The highest BCUT2D eigenvalue weighted by Crippen LogP contribution is 2.55. The second-order valence-corrected chi connectivity index (χ2v) is 13.5. The number of ether oxygens (including phenoxy) is 2. The first-order valence-electron chi connectivity index (χ1n) is 17.1. The highest BCUT2D eigenvalue weighted by molar-refractivity contribution is 6.06. The van der Waals surface area contributed by atoms with Gasteiger partial charge in [0.2, 0.25) is 11.8 Å². The number of benzene rings is 3. The minimum atomic E-state index is -1.53. The largest absolute Gasteiger partial charge is 0.463 e. The number of allylic oxidation sites excluding steroid dienone is 1. The lowest BCUT2D eigenvalue weighted by Crippen LogP contribution is -2.56. The molecule has 0 bridgehead atoms. The van der Waals surface area contributed by atoms with Crippen molar-refractivity contribution in [3.63, 3.8) is 0 Å². The van der Waals surface area contributed by atoms with Gasteiger partial charge in [-0.05, 0) is 48.6 Å². The molecule has 0 aliphatic carbocycles. The van der Waals surface area contributed by atoms with E-state index in [4.69, 9.17) is 9.47 Å². The number of esters is 1. The summed E-state index contributed by atoms with van der Waals surface area (Å²) in [6, 6.07) is 21.5. The van der Waals surface area contributed by atoms with E-state index in [2.05, 4.69) is 5.32 Å². The predicted octanol–water partition coefficient (Wildman–Crippen LogP) is 4.27. The quantitative estimate of drug-likeness (QED) is 0.306. The van der Waals surface area contributed by atoms with Crippen molar-refractivity contribution in [3.05, 3.63) is 125 Å². The monoisotopic (exact) mass is 675 g/mol. The molecular weight excluding hydrogens is 634 g/mol. The van der Waals surface area contributed by atoms with Gasteiger partial charge in [0.15, 0.2) is 0 Å². The molecule has 0 radical (unpaired) electrons. The van der Waals surface area contributed by atoms with Crippen LogP contribution in [0.25, 0.3) is 0 Å².